The monoisotopic (exact) mass is 298 g/mol. The van der Waals surface area contributed by atoms with E-state index in [2.05, 4.69) is 19.2 Å². The number of carbonyl (C=O) groups excluding carboxylic acids is 1. The molecule has 5 heteroatoms. The lowest BCUT2D eigenvalue weighted by Gasteiger charge is -2.35. The summed E-state index contributed by atoms with van der Waals surface area (Å²) >= 11 is 0. The Morgan fingerprint density at radius 1 is 1.29 bits per heavy atom. The van der Waals surface area contributed by atoms with Gasteiger partial charge >= 0.3 is 5.97 Å². The highest BCUT2D eigenvalue weighted by Crippen LogP contribution is 2.29. The maximum absolute atomic E-state index is 12.2. The van der Waals surface area contributed by atoms with Gasteiger partial charge in [-0.05, 0) is 31.6 Å². The average molecular weight is 298 g/mol. The van der Waals surface area contributed by atoms with E-state index in [1.165, 1.54) is 6.42 Å². The Kier molecular flexibility index (Phi) is 7.15. The Hall–Kier alpha value is -1.10. The van der Waals surface area contributed by atoms with E-state index in [1.807, 2.05) is 13.8 Å². The molecule has 1 aliphatic carbocycles. The third kappa shape index (κ3) is 5.65. The molecule has 21 heavy (non-hydrogen) atoms. The Balaban J connectivity index is 2.54. The molecule has 1 aliphatic rings. The van der Waals surface area contributed by atoms with Gasteiger partial charge in [-0.15, -0.1) is 0 Å². The normalized spacial score (nSPS) is 27.4. The van der Waals surface area contributed by atoms with Gasteiger partial charge in [-0.3, -0.25) is 14.5 Å². The first kappa shape index (κ1) is 18.0. The van der Waals surface area contributed by atoms with E-state index < -0.39 is 5.97 Å². The predicted octanol–water partition coefficient (Wildman–Crippen LogP) is 2.11. The zero-order valence-electron chi connectivity index (χ0n) is 13.8. The number of carboxylic acids is 1. The number of carbonyl (C=O) groups is 2. The van der Waals surface area contributed by atoms with E-state index in [4.69, 9.17) is 5.11 Å². The van der Waals surface area contributed by atoms with Crippen molar-refractivity contribution in [3.8, 4) is 0 Å². The van der Waals surface area contributed by atoms with Crippen LogP contribution in [0.2, 0.25) is 0 Å². The Morgan fingerprint density at radius 3 is 2.52 bits per heavy atom. The quantitative estimate of drug-likeness (QED) is 0.755. The molecule has 4 atom stereocenters. The molecule has 0 unspecified atom stereocenters. The van der Waals surface area contributed by atoms with Crippen molar-refractivity contribution >= 4 is 11.9 Å². The van der Waals surface area contributed by atoms with Gasteiger partial charge in [0.2, 0.25) is 5.91 Å². The van der Waals surface area contributed by atoms with Gasteiger partial charge in [-0.1, -0.05) is 33.6 Å². The van der Waals surface area contributed by atoms with Crippen LogP contribution in [0.5, 0.6) is 0 Å². The van der Waals surface area contributed by atoms with Crippen LogP contribution >= 0.6 is 0 Å². The minimum atomic E-state index is -0.886. The maximum Gasteiger partial charge on any atom is 0.317 e. The van der Waals surface area contributed by atoms with Crippen LogP contribution in [0, 0.1) is 11.8 Å². The second kappa shape index (κ2) is 8.37. The summed E-state index contributed by atoms with van der Waals surface area (Å²) in [4.78, 5) is 24.9. The topological polar surface area (TPSA) is 69.6 Å². The summed E-state index contributed by atoms with van der Waals surface area (Å²) in [6.45, 7) is 8.47. The van der Waals surface area contributed by atoms with Gasteiger partial charge in [-0.25, -0.2) is 0 Å². The van der Waals surface area contributed by atoms with Crippen LogP contribution in [0.4, 0.5) is 0 Å². The smallest absolute Gasteiger partial charge is 0.317 e. The molecule has 0 bridgehead atoms. The van der Waals surface area contributed by atoms with Crippen molar-refractivity contribution in [2.24, 2.45) is 11.8 Å². The first-order valence-corrected chi connectivity index (χ1v) is 8.10. The standard InChI is InChI=1S/C16H30N2O3/c1-5-12(3)18(10-16(20)21)9-15(19)17-14-8-6-7-11(2)13(14)4/h11-14H,5-10H2,1-4H3,(H,17,19)(H,20,21)/t11-,12-,13-,14+/m0/s1. The maximum atomic E-state index is 12.2. The van der Waals surface area contributed by atoms with Crippen LogP contribution < -0.4 is 5.32 Å². The molecular weight excluding hydrogens is 268 g/mol. The third-order valence-electron chi connectivity index (χ3n) is 4.95. The van der Waals surface area contributed by atoms with Crippen LogP contribution in [0.25, 0.3) is 0 Å². The molecule has 1 rings (SSSR count). The Morgan fingerprint density at radius 2 is 1.95 bits per heavy atom. The predicted molar refractivity (Wildman–Crippen MR) is 83.1 cm³/mol. The van der Waals surface area contributed by atoms with E-state index in [0.717, 1.165) is 19.3 Å². The zero-order valence-corrected chi connectivity index (χ0v) is 13.8. The van der Waals surface area contributed by atoms with Gasteiger partial charge in [-0.2, -0.15) is 0 Å². The minimum Gasteiger partial charge on any atom is -0.480 e. The van der Waals surface area contributed by atoms with E-state index in [1.54, 1.807) is 4.90 Å². The van der Waals surface area contributed by atoms with Gasteiger partial charge < -0.3 is 10.4 Å². The average Bonchev–Trinajstić information content (AvgIpc) is 2.41. The molecule has 0 saturated heterocycles. The summed E-state index contributed by atoms with van der Waals surface area (Å²) in [5.41, 5.74) is 0. The van der Waals surface area contributed by atoms with Gasteiger partial charge in [0.25, 0.3) is 0 Å². The summed E-state index contributed by atoms with van der Waals surface area (Å²) in [5.74, 6) is 0.179. The summed E-state index contributed by atoms with van der Waals surface area (Å²) in [6.07, 6.45) is 4.24. The fourth-order valence-electron chi connectivity index (χ4n) is 3.02. The van der Waals surface area contributed by atoms with Crippen LogP contribution in [0.1, 0.15) is 53.4 Å². The molecule has 0 aromatic rings. The number of nitrogens with one attached hydrogen (secondary N) is 1. The van der Waals surface area contributed by atoms with Gasteiger partial charge in [0.15, 0.2) is 0 Å². The van der Waals surface area contributed by atoms with Crippen LogP contribution in [-0.4, -0.2) is 47.1 Å². The van der Waals surface area contributed by atoms with E-state index in [9.17, 15) is 9.59 Å². The summed E-state index contributed by atoms with van der Waals surface area (Å²) < 4.78 is 0. The van der Waals surface area contributed by atoms with Crippen molar-refractivity contribution < 1.29 is 14.7 Å². The lowest BCUT2D eigenvalue weighted by molar-refractivity contribution is -0.139. The second-order valence-corrected chi connectivity index (χ2v) is 6.50. The fraction of sp³-hybridized carbons (Fsp3) is 0.875. The molecular formula is C16H30N2O3. The van der Waals surface area contributed by atoms with Crippen molar-refractivity contribution in [3.63, 3.8) is 0 Å². The lowest BCUT2D eigenvalue weighted by Crippen LogP contribution is -2.49. The van der Waals surface area contributed by atoms with E-state index in [-0.39, 0.29) is 31.1 Å². The SMILES string of the molecule is CC[C@H](C)N(CC(=O)O)CC(=O)N[C@@H]1CCC[C@H](C)[C@@H]1C. The van der Waals surface area contributed by atoms with Gasteiger partial charge in [0.1, 0.15) is 0 Å². The van der Waals surface area contributed by atoms with E-state index in [0.29, 0.717) is 11.8 Å². The molecule has 0 aromatic carbocycles. The molecule has 2 N–H and O–H groups in total. The second-order valence-electron chi connectivity index (χ2n) is 6.50. The molecule has 1 fully saturated rings. The third-order valence-corrected chi connectivity index (χ3v) is 4.95. The molecule has 0 heterocycles. The summed E-state index contributed by atoms with van der Waals surface area (Å²) in [7, 11) is 0. The molecule has 0 spiro atoms. The molecule has 5 nitrogen and oxygen atoms in total. The minimum absolute atomic E-state index is 0.0532. The summed E-state index contributed by atoms with van der Waals surface area (Å²) in [6, 6.07) is 0.319. The molecule has 0 aliphatic heterocycles. The van der Waals surface area contributed by atoms with Crippen molar-refractivity contribution in [3.05, 3.63) is 0 Å². The Bertz CT molecular complexity index is 359. The van der Waals surface area contributed by atoms with Gasteiger partial charge in [0.05, 0.1) is 13.1 Å². The zero-order chi connectivity index (χ0) is 16.0. The number of rotatable bonds is 7. The highest BCUT2D eigenvalue weighted by atomic mass is 16.4. The molecule has 0 aromatic heterocycles. The number of aliphatic carboxylic acids is 1. The number of carboxylic acid groups (broad SMARTS) is 1. The molecule has 0 radical (unpaired) electrons. The number of hydrogen-bond donors (Lipinski definition) is 2. The first-order valence-electron chi connectivity index (χ1n) is 8.10. The highest BCUT2D eigenvalue weighted by Gasteiger charge is 2.29. The molecule has 1 amide bonds. The highest BCUT2D eigenvalue weighted by molar-refractivity contribution is 5.79. The van der Waals surface area contributed by atoms with Crippen molar-refractivity contribution in [1.82, 2.24) is 10.2 Å². The van der Waals surface area contributed by atoms with Crippen LogP contribution in [-0.2, 0) is 9.59 Å². The summed E-state index contributed by atoms with van der Waals surface area (Å²) in [5, 5.41) is 12.1. The first-order chi connectivity index (χ1) is 9.85. The van der Waals surface area contributed by atoms with E-state index >= 15 is 0 Å². The number of nitrogens with zero attached hydrogens (tertiary/aromatic N) is 1. The largest absolute Gasteiger partial charge is 0.480 e. The van der Waals surface area contributed by atoms with Crippen molar-refractivity contribution in [2.45, 2.75) is 65.5 Å². The molecule has 1 saturated carbocycles. The van der Waals surface area contributed by atoms with Crippen molar-refractivity contribution in [1.29, 1.82) is 0 Å². The Labute approximate surface area is 128 Å². The van der Waals surface area contributed by atoms with Crippen LogP contribution in [0.15, 0.2) is 0 Å². The number of hydrogen-bond acceptors (Lipinski definition) is 3. The van der Waals surface area contributed by atoms with Gasteiger partial charge in [0, 0.05) is 12.1 Å². The van der Waals surface area contributed by atoms with Crippen LogP contribution in [0.3, 0.4) is 0 Å². The van der Waals surface area contributed by atoms with Crippen molar-refractivity contribution in [2.75, 3.05) is 13.1 Å². The fourth-order valence-corrected chi connectivity index (χ4v) is 3.02. The molecule has 122 valence electrons. The lowest BCUT2D eigenvalue weighted by atomic mass is 9.78. The number of amides is 1.